The zero-order valence-corrected chi connectivity index (χ0v) is 46.6. The van der Waals surface area contributed by atoms with Crippen LogP contribution in [-0.4, -0.2) is 166 Å². The van der Waals surface area contributed by atoms with E-state index in [0.717, 1.165) is 62.0 Å². The van der Waals surface area contributed by atoms with Crippen molar-refractivity contribution in [1.29, 1.82) is 0 Å². The lowest BCUT2D eigenvalue weighted by atomic mass is 9.84. The van der Waals surface area contributed by atoms with Crippen molar-refractivity contribution in [2.24, 2.45) is 0 Å². The van der Waals surface area contributed by atoms with Gasteiger partial charge in [0.1, 0.15) is 49.4 Å². The van der Waals surface area contributed by atoms with Crippen molar-refractivity contribution >= 4 is 41.4 Å². The summed E-state index contributed by atoms with van der Waals surface area (Å²) in [7, 11) is 1.63. The van der Waals surface area contributed by atoms with Gasteiger partial charge in [0.05, 0.1) is 102 Å². The summed E-state index contributed by atoms with van der Waals surface area (Å²) in [5.41, 5.74) is 10.3. The Labute approximate surface area is 463 Å². The number of benzene rings is 4. The van der Waals surface area contributed by atoms with Gasteiger partial charge in [0.2, 0.25) is 0 Å². The van der Waals surface area contributed by atoms with E-state index in [1.165, 1.54) is 8.96 Å². The molecule has 0 amide bonds. The molecular weight excluding hydrogens is 1010 g/mol. The number of nitrogens with zero attached hydrogens (tertiary/aromatic N) is 5. The minimum absolute atomic E-state index is 0.118. The third kappa shape index (κ3) is 13.7. The molecule has 0 aliphatic carbocycles. The standard InChI is InChI=1S/C61H76BF2N5O10/c1-44-7-16-53-56(39-44)77-30-23-67(24-31-78-57-40-45(2)8-17-54(57)66-21-28-74-36-34-72-26-19-65(53)20-27-73-35-37-75-29-22-66)55-18-10-49(43-58(55)79-38-33-71-6)9-13-51-42-47(4)61-59(50-11-14-52(15-12-50)76-32-25-70)60-46(3)41-48(5)68(60)62(63,64)69(51)61/h7-18,39-43,70H,19-38H2,1-6H3/b13-9+. The van der Waals surface area contributed by atoms with Crippen molar-refractivity contribution < 1.29 is 60.9 Å². The molecule has 1 fully saturated rings. The SMILES string of the molecule is COCCOc1cc(/C=C/C2=[N+]3C(=C(c4ccc(OCCO)cc4)c4c(C)cc(C)n4[B-]3(F)F)C(C)=C2)ccc1N1CCOc2cc(C)ccc2N2CCOCCOCCN(CCOCCOCC2)c2ccc(C)cc2OCC1. The number of aliphatic hydroxyl groups is 1. The number of methoxy groups -OCH3 is 1. The summed E-state index contributed by atoms with van der Waals surface area (Å²) in [6.45, 7) is 13.9. The van der Waals surface area contributed by atoms with E-state index in [4.69, 9.17) is 42.6 Å². The molecule has 5 aromatic rings. The quantitative estimate of drug-likeness (QED) is 0.0771. The van der Waals surface area contributed by atoms with Crippen molar-refractivity contribution in [2.45, 2.75) is 34.6 Å². The number of anilines is 3. The van der Waals surface area contributed by atoms with Crippen LogP contribution in [0.4, 0.5) is 25.7 Å². The van der Waals surface area contributed by atoms with Crippen LogP contribution in [0.2, 0.25) is 0 Å². The maximum atomic E-state index is 17.3. The first-order valence-electron chi connectivity index (χ1n) is 27.6. The lowest BCUT2D eigenvalue weighted by Gasteiger charge is -2.34. The molecule has 1 saturated heterocycles. The Morgan fingerprint density at radius 1 is 0.595 bits per heavy atom. The molecule has 1 N–H and O–H groups in total. The van der Waals surface area contributed by atoms with Gasteiger partial charge in [-0.25, -0.2) is 0 Å². The molecule has 10 rings (SSSR count). The van der Waals surface area contributed by atoms with Gasteiger partial charge >= 0.3 is 6.97 Å². The molecule has 5 aliphatic heterocycles. The van der Waals surface area contributed by atoms with Crippen LogP contribution in [0.15, 0.2) is 108 Å². The van der Waals surface area contributed by atoms with Crippen LogP contribution in [-0.2, 0) is 23.7 Å². The second-order valence-electron chi connectivity index (χ2n) is 20.2. The largest absolute Gasteiger partial charge is 0.737 e. The normalized spacial score (nSPS) is 18.1. The van der Waals surface area contributed by atoms with Crippen LogP contribution in [0, 0.1) is 27.7 Å². The highest BCUT2D eigenvalue weighted by atomic mass is 19.2. The van der Waals surface area contributed by atoms with Gasteiger partial charge in [-0.3, -0.25) is 0 Å². The molecule has 0 saturated carbocycles. The maximum Gasteiger partial charge on any atom is 0.737 e. The number of rotatable bonds is 11. The van der Waals surface area contributed by atoms with Crippen LogP contribution in [0.5, 0.6) is 23.0 Å². The van der Waals surface area contributed by atoms with Crippen molar-refractivity contribution in [1.82, 2.24) is 4.48 Å². The third-order valence-electron chi connectivity index (χ3n) is 14.5. The van der Waals surface area contributed by atoms with Gasteiger partial charge in [-0.15, -0.1) is 0 Å². The molecule has 5 aliphatic rings. The molecule has 0 radical (unpaired) electrons. The van der Waals surface area contributed by atoms with Gasteiger partial charge in [-0.05, 0) is 129 Å². The van der Waals surface area contributed by atoms with Gasteiger partial charge in [0.25, 0.3) is 0 Å². The minimum atomic E-state index is -4.31. The molecule has 4 aromatic carbocycles. The summed E-state index contributed by atoms with van der Waals surface area (Å²) in [5.74, 6) is 2.67. The Morgan fingerprint density at radius 3 is 1.70 bits per heavy atom. The van der Waals surface area contributed by atoms with E-state index in [2.05, 4.69) is 64.9 Å². The number of aryl methyl sites for hydroxylation is 4. The Kier molecular flexibility index (Phi) is 19.5. The fourth-order valence-corrected chi connectivity index (χ4v) is 10.7. The van der Waals surface area contributed by atoms with Crippen molar-refractivity contribution in [3.8, 4) is 23.0 Å². The predicted octanol–water partition coefficient (Wildman–Crippen LogP) is 8.91. The number of hydrogen-bond donors (Lipinski definition) is 1. The first kappa shape index (κ1) is 57.0. The van der Waals surface area contributed by atoms with E-state index in [1.807, 2.05) is 74.5 Å². The fourth-order valence-electron chi connectivity index (χ4n) is 10.7. The Morgan fingerprint density at radius 2 is 1.14 bits per heavy atom. The topological polar surface area (TPSA) is 121 Å². The van der Waals surface area contributed by atoms with E-state index >= 15 is 8.63 Å². The zero-order chi connectivity index (χ0) is 55.3. The second kappa shape index (κ2) is 27.0. The first-order valence-corrected chi connectivity index (χ1v) is 27.6. The van der Waals surface area contributed by atoms with Crippen molar-refractivity contribution in [2.75, 3.05) is 154 Å². The Bertz CT molecular complexity index is 2920. The number of halogens is 2. The average Bonchev–Trinajstić information content (AvgIpc) is 3.27. The highest BCUT2D eigenvalue weighted by molar-refractivity contribution is 6.58. The number of ether oxygens (including phenoxy) is 9. The zero-order valence-electron chi connectivity index (χ0n) is 46.6. The number of hydrogen-bond acceptors (Lipinski definition) is 13. The lowest BCUT2D eigenvalue weighted by Crippen LogP contribution is -2.51. The molecule has 1 aromatic heterocycles. The van der Waals surface area contributed by atoms with Gasteiger partial charge in [-0.1, -0.05) is 30.3 Å². The van der Waals surface area contributed by atoms with E-state index < -0.39 is 6.97 Å². The van der Waals surface area contributed by atoms with Crippen LogP contribution < -0.4 is 33.6 Å². The van der Waals surface area contributed by atoms with Crippen LogP contribution in [0.3, 0.4) is 0 Å². The molecule has 0 unspecified atom stereocenters. The van der Waals surface area contributed by atoms with Crippen LogP contribution in [0.25, 0.3) is 11.6 Å². The molecule has 0 spiro atoms. The van der Waals surface area contributed by atoms with E-state index in [-0.39, 0.29) is 19.8 Å². The number of allylic oxidation sites excluding steroid dienone is 3. The Balaban J connectivity index is 1.08. The van der Waals surface area contributed by atoms with E-state index in [0.29, 0.717) is 152 Å². The predicted molar refractivity (Wildman–Crippen MR) is 307 cm³/mol. The van der Waals surface area contributed by atoms with Gasteiger partial charge in [0.15, 0.2) is 11.4 Å². The smallest absolute Gasteiger partial charge is 0.491 e. The first-order chi connectivity index (χ1) is 38.4. The molecule has 6 heterocycles. The number of fused-ring (bicyclic) bond motifs is 22. The monoisotopic (exact) mass is 1090 g/mol. The number of aliphatic hydroxyl groups excluding tert-OH is 1. The maximum absolute atomic E-state index is 17.3. The molecule has 18 heteroatoms. The van der Waals surface area contributed by atoms with E-state index in [1.54, 1.807) is 20.1 Å². The number of aromatic nitrogens is 1. The molecule has 2 bridgehead atoms. The van der Waals surface area contributed by atoms with Gasteiger partial charge < -0.3 is 80.0 Å². The van der Waals surface area contributed by atoms with Gasteiger partial charge in [-0.2, -0.15) is 0 Å². The summed E-state index contributed by atoms with van der Waals surface area (Å²) in [4.78, 5) is 6.71. The molecular formula is C61H76BF2N5O10. The van der Waals surface area contributed by atoms with E-state index in [9.17, 15) is 5.11 Å². The molecule has 79 heavy (non-hydrogen) atoms. The lowest BCUT2D eigenvalue weighted by molar-refractivity contribution is -0.362. The summed E-state index contributed by atoms with van der Waals surface area (Å²) in [5, 5.41) is 9.33. The molecule has 422 valence electrons. The summed E-state index contributed by atoms with van der Waals surface area (Å²) < 4.78 is 92.8. The molecule has 0 atom stereocenters. The summed E-state index contributed by atoms with van der Waals surface area (Å²) in [6, 6.07) is 27.7. The highest BCUT2D eigenvalue weighted by Crippen LogP contribution is 2.45. The second-order valence-corrected chi connectivity index (χ2v) is 20.2. The van der Waals surface area contributed by atoms with Gasteiger partial charge in [0, 0.05) is 56.7 Å². The summed E-state index contributed by atoms with van der Waals surface area (Å²) in [6.07, 6.45) is 5.45. The highest BCUT2D eigenvalue weighted by Gasteiger charge is 2.55. The van der Waals surface area contributed by atoms with Crippen LogP contribution in [0.1, 0.15) is 46.1 Å². The minimum Gasteiger partial charge on any atom is -0.491 e. The van der Waals surface area contributed by atoms with Crippen molar-refractivity contribution in [3.63, 3.8) is 0 Å². The van der Waals surface area contributed by atoms with Crippen LogP contribution >= 0.6 is 0 Å². The summed E-state index contributed by atoms with van der Waals surface area (Å²) >= 11 is 0. The molecule has 15 nitrogen and oxygen atoms in total. The third-order valence-corrected chi connectivity index (χ3v) is 14.5. The average molecular weight is 1090 g/mol. The van der Waals surface area contributed by atoms with Crippen molar-refractivity contribution in [3.05, 3.63) is 148 Å². The fraction of sp³-hybridized carbons (Fsp3) is 0.426. The Hall–Kier alpha value is -6.67.